The molecule has 4 aromatic rings. The highest BCUT2D eigenvalue weighted by atomic mass is 32.2. The van der Waals surface area contributed by atoms with Crippen LogP contribution in [0.4, 0.5) is 5.69 Å². The third-order valence-corrected chi connectivity index (χ3v) is 5.71. The molecule has 0 spiro atoms. The molecule has 0 saturated carbocycles. The van der Waals surface area contributed by atoms with Gasteiger partial charge in [-0.3, -0.25) is 9.36 Å². The van der Waals surface area contributed by atoms with Crippen molar-refractivity contribution in [1.82, 2.24) is 14.8 Å². The molecule has 162 valence electrons. The van der Waals surface area contributed by atoms with E-state index in [0.717, 1.165) is 11.3 Å². The number of rotatable bonds is 7. The van der Waals surface area contributed by atoms with E-state index >= 15 is 0 Å². The van der Waals surface area contributed by atoms with Gasteiger partial charge in [0.25, 0.3) is 0 Å². The van der Waals surface area contributed by atoms with Crippen LogP contribution >= 0.6 is 11.8 Å². The number of phenolic OH excluding ortho intramolecular Hbond substituents is 1. The van der Waals surface area contributed by atoms with E-state index in [2.05, 4.69) is 15.5 Å². The summed E-state index contributed by atoms with van der Waals surface area (Å²) in [6.07, 6.45) is 0. The van der Waals surface area contributed by atoms with E-state index in [1.807, 2.05) is 54.0 Å². The number of benzene rings is 3. The molecule has 32 heavy (non-hydrogen) atoms. The second-order valence-corrected chi connectivity index (χ2v) is 7.97. The normalized spacial score (nSPS) is 10.7. The molecule has 0 aliphatic heterocycles. The Morgan fingerprint density at radius 1 is 1.03 bits per heavy atom. The van der Waals surface area contributed by atoms with Gasteiger partial charge < -0.3 is 15.2 Å². The van der Waals surface area contributed by atoms with Gasteiger partial charge in [0, 0.05) is 5.69 Å². The zero-order valence-electron chi connectivity index (χ0n) is 17.6. The molecule has 0 unspecified atom stereocenters. The molecule has 4 rings (SSSR count). The highest BCUT2D eigenvalue weighted by Gasteiger charge is 2.19. The minimum atomic E-state index is -0.193. The summed E-state index contributed by atoms with van der Waals surface area (Å²) in [4.78, 5) is 12.6. The van der Waals surface area contributed by atoms with Gasteiger partial charge in [-0.15, -0.1) is 10.2 Å². The van der Waals surface area contributed by atoms with Crippen LogP contribution in [0.15, 0.2) is 78.0 Å². The number of methoxy groups -OCH3 is 1. The minimum Gasteiger partial charge on any atom is -0.507 e. The van der Waals surface area contributed by atoms with E-state index in [9.17, 15) is 9.90 Å². The summed E-state index contributed by atoms with van der Waals surface area (Å²) in [5, 5.41) is 22.4. The number of nitrogens with zero attached hydrogens (tertiary/aromatic N) is 3. The summed E-state index contributed by atoms with van der Waals surface area (Å²) in [6, 6.07) is 22.1. The molecule has 0 aliphatic carbocycles. The lowest BCUT2D eigenvalue weighted by Gasteiger charge is -2.12. The lowest BCUT2D eigenvalue weighted by Crippen LogP contribution is -2.15. The first-order valence-electron chi connectivity index (χ1n) is 9.93. The molecular formula is C24H22N4O3S. The number of aromatic nitrogens is 3. The number of amides is 1. The highest BCUT2D eigenvalue weighted by Crippen LogP contribution is 2.33. The predicted molar refractivity (Wildman–Crippen MR) is 126 cm³/mol. The smallest absolute Gasteiger partial charge is 0.234 e. The van der Waals surface area contributed by atoms with Crippen LogP contribution in [0.1, 0.15) is 5.56 Å². The number of aromatic hydroxyl groups is 1. The number of hydrogen-bond donors (Lipinski definition) is 2. The molecule has 0 aliphatic rings. The molecular weight excluding hydrogens is 424 g/mol. The Hall–Kier alpha value is -3.78. The third kappa shape index (κ3) is 4.60. The average molecular weight is 447 g/mol. The molecule has 7 nitrogen and oxygen atoms in total. The first-order chi connectivity index (χ1) is 15.6. The van der Waals surface area contributed by atoms with Gasteiger partial charge in [0.1, 0.15) is 11.5 Å². The molecule has 1 heterocycles. The number of aryl methyl sites for hydroxylation is 1. The molecule has 0 fully saturated rings. The molecule has 3 aromatic carbocycles. The standard InChI is InChI=1S/C24H22N4O3S/c1-16-11-13-17(14-12-16)28-23(18-7-3-5-9-20(18)29)26-27-24(28)32-15-22(30)25-19-8-4-6-10-21(19)31-2/h3-14,29H,15H2,1-2H3,(H,25,30). The summed E-state index contributed by atoms with van der Waals surface area (Å²) in [5.74, 6) is 1.14. The number of para-hydroxylation sites is 3. The highest BCUT2D eigenvalue weighted by molar-refractivity contribution is 7.99. The summed E-state index contributed by atoms with van der Waals surface area (Å²) in [6.45, 7) is 2.01. The molecule has 1 aromatic heterocycles. The van der Waals surface area contributed by atoms with Crippen LogP contribution in [-0.2, 0) is 4.79 Å². The average Bonchev–Trinajstić information content (AvgIpc) is 3.22. The second kappa shape index (κ2) is 9.57. The number of hydrogen-bond acceptors (Lipinski definition) is 6. The number of nitrogens with one attached hydrogen (secondary N) is 1. The second-order valence-electron chi connectivity index (χ2n) is 7.03. The van der Waals surface area contributed by atoms with Crippen LogP contribution in [-0.4, -0.2) is 38.6 Å². The van der Waals surface area contributed by atoms with Crippen LogP contribution in [0.5, 0.6) is 11.5 Å². The molecule has 0 bridgehead atoms. The van der Waals surface area contributed by atoms with Gasteiger partial charge in [0.05, 0.1) is 24.1 Å². The van der Waals surface area contributed by atoms with Gasteiger partial charge in [-0.05, 0) is 43.3 Å². The van der Waals surface area contributed by atoms with E-state index in [0.29, 0.717) is 28.0 Å². The van der Waals surface area contributed by atoms with Crippen molar-refractivity contribution in [2.24, 2.45) is 0 Å². The van der Waals surface area contributed by atoms with E-state index in [1.165, 1.54) is 11.8 Å². The maximum atomic E-state index is 12.6. The van der Waals surface area contributed by atoms with Gasteiger partial charge in [-0.2, -0.15) is 0 Å². The molecule has 8 heteroatoms. The van der Waals surface area contributed by atoms with Crippen molar-refractivity contribution in [3.05, 3.63) is 78.4 Å². The number of carbonyl (C=O) groups is 1. The van der Waals surface area contributed by atoms with E-state index in [-0.39, 0.29) is 17.4 Å². The van der Waals surface area contributed by atoms with Gasteiger partial charge in [-0.1, -0.05) is 53.7 Å². The Kier molecular flexibility index (Phi) is 6.42. The van der Waals surface area contributed by atoms with Crippen molar-refractivity contribution in [3.8, 4) is 28.6 Å². The van der Waals surface area contributed by atoms with Crippen molar-refractivity contribution < 1.29 is 14.6 Å². The first-order valence-corrected chi connectivity index (χ1v) is 10.9. The molecule has 0 saturated heterocycles. The van der Waals surface area contributed by atoms with Crippen LogP contribution < -0.4 is 10.1 Å². The van der Waals surface area contributed by atoms with Crippen molar-refractivity contribution >= 4 is 23.4 Å². The zero-order chi connectivity index (χ0) is 22.5. The molecule has 1 amide bonds. The maximum Gasteiger partial charge on any atom is 0.234 e. The fraction of sp³-hybridized carbons (Fsp3) is 0.125. The SMILES string of the molecule is COc1ccccc1NC(=O)CSc1nnc(-c2ccccc2O)n1-c1ccc(C)cc1. The summed E-state index contributed by atoms with van der Waals surface area (Å²) >= 11 is 1.26. The van der Waals surface area contributed by atoms with Crippen LogP contribution in [0.2, 0.25) is 0 Å². The number of thioether (sulfide) groups is 1. The topological polar surface area (TPSA) is 89.3 Å². The van der Waals surface area contributed by atoms with Crippen molar-refractivity contribution in [1.29, 1.82) is 0 Å². The Bertz CT molecular complexity index is 1240. The van der Waals surface area contributed by atoms with Crippen LogP contribution in [0, 0.1) is 6.92 Å². The van der Waals surface area contributed by atoms with Gasteiger partial charge in [0.15, 0.2) is 11.0 Å². The fourth-order valence-electron chi connectivity index (χ4n) is 3.19. The fourth-order valence-corrected chi connectivity index (χ4v) is 3.94. The zero-order valence-corrected chi connectivity index (χ0v) is 18.5. The third-order valence-electron chi connectivity index (χ3n) is 4.78. The molecule has 0 radical (unpaired) electrons. The summed E-state index contributed by atoms with van der Waals surface area (Å²) in [5.41, 5.74) is 3.13. The number of carbonyl (C=O) groups excluding carboxylic acids is 1. The van der Waals surface area contributed by atoms with Crippen LogP contribution in [0.3, 0.4) is 0 Å². The Labute approximate surface area is 190 Å². The van der Waals surface area contributed by atoms with E-state index in [4.69, 9.17) is 4.74 Å². The minimum absolute atomic E-state index is 0.110. The van der Waals surface area contributed by atoms with Crippen molar-refractivity contribution in [3.63, 3.8) is 0 Å². The monoisotopic (exact) mass is 446 g/mol. The van der Waals surface area contributed by atoms with Crippen LogP contribution in [0.25, 0.3) is 17.1 Å². The van der Waals surface area contributed by atoms with Gasteiger partial charge >= 0.3 is 0 Å². The number of anilines is 1. The summed E-state index contributed by atoms with van der Waals surface area (Å²) in [7, 11) is 1.56. The Morgan fingerprint density at radius 3 is 2.50 bits per heavy atom. The first kappa shape index (κ1) is 21.5. The maximum absolute atomic E-state index is 12.6. The Balaban J connectivity index is 1.62. The Morgan fingerprint density at radius 2 is 1.75 bits per heavy atom. The van der Waals surface area contributed by atoms with Gasteiger partial charge in [-0.25, -0.2) is 0 Å². The van der Waals surface area contributed by atoms with Crippen molar-refractivity contribution in [2.45, 2.75) is 12.1 Å². The molecule has 2 N–H and O–H groups in total. The van der Waals surface area contributed by atoms with E-state index < -0.39 is 0 Å². The molecule has 0 atom stereocenters. The van der Waals surface area contributed by atoms with E-state index in [1.54, 1.807) is 37.4 Å². The van der Waals surface area contributed by atoms with Crippen molar-refractivity contribution in [2.75, 3.05) is 18.2 Å². The predicted octanol–water partition coefficient (Wildman–Crippen LogP) is 4.69. The lowest BCUT2D eigenvalue weighted by molar-refractivity contribution is -0.113. The number of ether oxygens (including phenoxy) is 1. The quantitative estimate of drug-likeness (QED) is 0.401. The largest absolute Gasteiger partial charge is 0.507 e. The summed E-state index contributed by atoms with van der Waals surface area (Å²) < 4.78 is 7.13. The lowest BCUT2D eigenvalue weighted by atomic mass is 10.1. The number of phenols is 1. The van der Waals surface area contributed by atoms with Gasteiger partial charge in [0.2, 0.25) is 5.91 Å².